The quantitative estimate of drug-likeness (QED) is 0.589. The highest BCUT2D eigenvalue weighted by Crippen LogP contribution is 2.26. The van der Waals surface area contributed by atoms with Crippen LogP contribution < -0.4 is 9.62 Å². The number of nitrogens with zero attached hydrogens (tertiary/aromatic N) is 1. The van der Waals surface area contributed by atoms with E-state index in [9.17, 15) is 13.2 Å². The van der Waals surface area contributed by atoms with Crippen molar-refractivity contribution in [2.45, 2.75) is 44.0 Å². The number of amides is 1. The SMILES string of the molecule is Cc1ccc(S(=O)(=O)N(C)c2ccc(C(=O)NC(C)c3ccc4c(c3)CCC4)cc2)cc1. The first-order valence-corrected chi connectivity index (χ1v) is 12.3. The van der Waals surface area contributed by atoms with Gasteiger partial charge in [-0.25, -0.2) is 8.42 Å². The number of nitrogens with one attached hydrogen (secondary N) is 1. The van der Waals surface area contributed by atoms with Crippen molar-refractivity contribution in [1.29, 1.82) is 0 Å². The Morgan fingerprint density at radius 2 is 1.59 bits per heavy atom. The Morgan fingerprint density at radius 1 is 0.938 bits per heavy atom. The molecule has 0 aromatic heterocycles. The van der Waals surface area contributed by atoms with Gasteiger partial charge in [0.1, 0.15) is 0 Å². The minimum atomic E-state index is -3.67. The van der Waals surface area contributed by atoms with Crippen LogP contribution in [0.1, 0.15) is 52.0 Å². The lowest BCUT2D eigenvalue weighted by Crippen LogP contribution is -2.28. The molecule has 1 aliphatic rings. The maximum Gasteiger partial charge on any atom is 0.264 e. The van der Waals surface area contributed by atoms with Crippen LogP contribution in [-0.4, -0.2) is 21.4 Å². The number of sulfonamides is 1. The first-order valence-electron chi connectivity index (χ1n) is 10.8. The summed E-state index contributed by atoms with van der Waals surface area (Å²) < 4.78 is 27.0. The molecule has 3 aromatic carbocycles. The van der Waals surface area contributed by atoms with E-state index in [0.717, 1.165) is 24.0 Å². The van der Waals surface area contributed by atoms with Gasteiger partial charge in [-0.1, -0.05) is 35.9 Å². The summed E-state index contributed by atoms with van der Waals surface area (Å²) in [5.74, 6) is -0.186. The van der Waals surface area contributed by atoms with E-state index in [1.807, 2.05) is 13.8 Å². The number of hydrogen-bond acceptors (Lipinski definition) is 3. The van der Waals surface area contributed by atoms with Crippen LogP contribution in [-0.2, 0) is 22.9 Å². The van der Waals surface area contributed by atoms with E-state index < -0.39 is 10.0 Å². The second-order valence-corrected chi connectivity index (χ2v) is 10.4. The summed E-state index contributed by atoms with van der Waals surface area (Å²) in [6, 6.07) is 19.7. The van der Waals surface area contributed by atoms with Crippen molar-refractivity contribution in [3.05, 3.63) is 94.5 Å². The molecular weight excluding hydrogens is 420 g/mol. The maximum atomic E-state index is 12.9. The van der Waals surface area contributed by atoms with Crippen LogP contribution in [0.25, 0.3) is 0 Å². The highest BCUT2D eigenvalue weighted by atomic mass is 32.2. The van der Waals surface area contributed by atoms with Gasteiger partial charge in [-0.15, -0.1) is 0 Å². The van der Waals surface area contributed by atoms with Gasteiger partial charge in [0.05, 0.1) is 16.6 Å². The molecule has 6 heteroatoms. The Balaban J connectivity index is 1.45. The van der Waals surface area contributed by atoms with Gasteiger partial charge < -0.3 is 5.32 Å². The highest BCUT2D eigenvalue weighted by molar-refractivity contribution is 7.92. The van der Waals surface area contributed by atoms with Crippen molar-refractivity contribution in [3.8, 4) is 0 Å². The Labute approximate surface area is 190 Å². The minimum absolute atomic E-state index is 0.113. The largest absolute Gasteiger partial charge is 0.346 e. The molecule has 1 N–H and O–H groups in total. The van der Waals surface area contributed by atoms with Crippen molar-refractivity contribution >= 4 is 21.6 Å². The molecule has 5 nitrogen and oxygen atoms in total. The van der Waals surface area contributed by atoms with Crippen LogP contribution in [0.4, 0.5) is 5.69 Å². The third-order valence-corrected chi connectivity index (χ3v) is 7.94. The number of rotatable bonds is 6. The fourth-order valence-electron chi connectivity index (χ4n) is 4.05. The normalized spacial score (nSPS) is 14.0. The third kappa shape index (κ3) is 4.41. The molecule has 0 radical (unpaired) electrons. The van der Waals surface area contributed by atoms with Gasteiger partial charge in [0, 0.05) is 12.6 Å². The molecule has 0 aliphatic heterocycles. The lowest BCUT2D eigenvalue weighted by Gasteiger charge is -2.20. The molecule has 0 fully saturated rings. The highest BCUT2D eigenvalue weighted by Gasteiger charge is 2.22. The van der Waals surface area contributed by atoms with Crippen LogP contribution in [0.15, 0.2) is 71.6 Å². The van der Waals surface area contributed by atoms with Crippen molar-refractivity contribution < 1.29 is 13.2 Å². The third-order valence-electron chi connectivity index (χ3n) is 6.14. The smallest absolute Gasteiger partial charge is 0.264 e. The van der Waals surface area contributed by atoms with Gasteiger partial charge in [0.25, 0.3) is 15.9 Å². The average Bonchev–Trinajstić information content (AvgIpc) is 3.27. The van der Waals surface area contributed by atoms with Gasteiger partial charge >= 0.3 is 0 Å². The molecule has 0 saturated heterocycles. The summed E-state index contributed by atoms with van der Waals surface area (Å²) in [4.78, 5) is 13.0. The van der Waals surface area contributed by atoms with Crippen LogP contribution in [0.5, 0.6) is 0 Å². The number of anilines is 1. The minimum Gasteiger partial charge on any atom is -0.346 e. The zero-order valence-corrected chi connectivity index (χ0v) is 19.4. The standard InChI is InChI=1S/C26H28N2O3S/c1-18-7-15-25(16-8-18)32(30,31)28(3)24-13-11-21(12-14-24)26(29)27-19(2)22-10-9-20-5-4-6-23(20)17-22/h7-17,19H,4-6H2,1-3H3,(H,27,29). The van der Waals surface area contributed by atoms with E-state index in [-0.39, 0.29) is 16.8 Å². The number of benzene rings is 3. The van der Waals surface area contributed by atoms with Crippen molar-refractivity contribution in [2.75, 3.05) is 11.4 Å². The van der Waals surface area contributed by atoms with E-state index in [2.05, 4.69) is 23.5 Å². The van der Waals surface area contributed by atoms with Gasteiger partial charge in [-0.3, -0.25) is 9.10 Å². The molecule has 166 valence electrons. The summed E-state index contributed by atoms with van der Waals surface area (Å²) >= 11 is 0. The van der Waals surface area contributed by atoms with Crippen LogP contribution in [0.3, 0.4) is 0 Å². The van der Waals surface area contributed by atoms with Crippen molar-refractivity contribution in [3.63, 3.8) is 0 Å². The monoisotopic (exact) mass is 448 g/mol. The van der Waals surface area contributed by atoms with E-state index in [1.54, 1.807) is 48.5 Å². The first kappa shape index (κ1) is 22.1. The van der Waals surface area contributed by atoms with Gasteiger partial charge in [0.15, 0.2) is 0 Å². The van der Waals surface area contributed by atoms with Crippen LogP contribution in [0.2, 0.25) is 0 Å². The fourth-order valence-corrected chi connectivity index (χ4v) is 5.25. The molecule has 32 heavy (non-hydrogen) atoms. The Bertz CT molecular complexity index is 1230. The van der Waals surface area contributed by atoms with Gasteiger partial charge in [-0.05, 0) is 86.2 Å². The number of fused-ring (bicyclic) bond motifs is 1. The van der Waals surface area contributed by atoms with E-state index in [1.165, 1.54) is 28.9 Å². The molecule has 0 spiro atoms. The summed E-state index contributed by atoms with van der Waals surface area (Å²) in [5, 5.41) is 3.04. The molecule has 4 rings (SSSR count). The van der Waals surface area contributed by atoms with Crippen molar-refractivity contribution in [1.82, 2.24) is 5.32 Å². The average molecular weight is 449 g/mol. The summed E-state index contributed by atoms with van der Waals surface area (Å²) in [6.45, 7) is 3.89. The Hall–Kier alpha value is -3.12. The Morgan fingerprint density at radius 3 is 2.28 bits per heavy atom. The molecule has 1 unspecified atom stereocenters. The summed E-state index contributed by atoms with van der Waals surface area (Å²) in [6.07, 6.45) is 3.43. The molecule has 0 saturated carbocycles. The number of carbonyl (C=O) groups excluding carboxylic acids is 1. The molecule has 1 atom stereocenters. The maximum absolute atomic E-state index is 12.9. The van der Waals surface area contributed by atoms with E-state index in [4.69, 9.17) is 0 Å². The van der Waals surface area contributed by atoms with Crippen molar-refractivity contribution in [2.24, 2.45) is 0 Å². The number of carbonyl (C=O) groups is 1. The second kappa shape index (κ2) is 8.79. The lowest BCUT2D eigenvalue weighted by atomic mass is 10.0. The van der Waals surface area contributed by atoms with Gasteiger partial charge in [-0.2, -0.15) is 0 Å². The molecular formula is C26H28N2O3S. The lowest BCUT2D eigenvalue weighted by molar-refractivity contribution is 0.0940. The molecule has 1 aliphatic carbocycles. The Kier molecular flexibility index (Phi) is 6.07. The molecule has 1 amide bonds. The first-order chi connectivity index (χ1) is 15.3. The topological polar surface area (TPSA) is 66.5 Å². The van der Waals surface area contributed by atoms with E-state index >= 15 is 0 Å². The summed E-state index contributed by atoms with van der Waals surface area (Å²) in [7, 11) is -2.16. The molecule has 0 bridgehead atoms. The number of aryl methyl sites for hydroxylation is 3. The molecule has 0 heterocycles. The van der Waals surface area contributed by atoms with E-state index in [0.29, 0.717) is 11.3 Å². The van der Waals surface area contributed by atoms with Gasteiger partial charge in [0.2, 0.25) is 0 Å². The van der Waals surface area contributed by atoms with Crippen LogP contribution >= 0.6 is 0 Å². The predicted octanol–water partition coefficient (Wildman–Crippen LogP) is 4.80. The molecule has 3 aromatic rings. The second-order valence-electron chi connectivity index (χ2n) is 8.41. The van der Waals surface area contributed by atoms with Crippen LogP contribution in [0, 0.1) is 6.92 Å². The predicted molar refractivity (Wildman–Crippen MR) is 128 cm³/mol. The number of hydrogen-bond donors (Lipinski definition) is 1. The zero-order chi connectivity index (χ0) is 22.9. The fraction of sp³-hybridized carbons (Fsp3) is 0.269. The summed E-state index contributed by atoms with van der Waals surface area (Å²) in [5.41, 5.74) is 5.87. The zero-order valence-electron chi connectivity index (χ0n) is 18.6.